The molecule has 0 spiro atoms. The molecule has 0 bridgehead atoms. The van der Waals surface area contributed by atoms with Crippen LogP contribution < -0.4 is 0 Å². The fourth-order valence-electron chi connectivity index (χ4n) is 3.61. The van der Waals surface area contributed by atoms with Gasteiger partial charge in [-0.25, -0.2) is 0 Å². The molecule has 1 aliphatic heterocycles. The van der Waals surface area contributed by atoms with Crippen LogP contribution in [0.1, 0.15) is 36.2 Å². The standard InChI is InChI=1S/C16H19N3O2/c20-16(15-11-5-1-2-6-12(11)17-18-15)19-9-10-21-14-8-4-3-7-13(14)19/h1-2,5-6,13-14H,3-4,7-10H2,(H,17,18)/t13-,14-/m0/s1. The molecule has 2 fully saturated rings. The molecule has 1 saturated carbocycles. The van der Waals surface area contributed by atoms with E-state index >= 15 is 0 Å². The summed E-state index contributed by atoms with van der Waals surface area (Å²) in [6.07, 6.45) is 4.69. The number of rotatable bonds is 1. The second-order valence-electron chi connectivity index (χ2n) is 5.88. The summed E-state index contributed by atoms with van der Waals surface area (Å²) in [7, 11) is 0. The van der Waals surface area contributed by atoms with E-state index in [-0.39, 0.29) is 18.1 Å². The first kappa shape index (κ1) is 12.8. The van der Waals surface area contributed by atoms with Gasteiger partial charge < -0.3 is 9.64 Å². The van der Waals surface area contributed by atoms with Crippen LogP contribution in [0.3, 0.4) is 0 Å². The van der Waals surface area contributed by atoms with Gasteiger partial charge in [-0.3, -0.25) is 9.89 Å². The van der Waals surface area contributed by atoms with Crippen molar-refractivity contribution in [2.24, 2.45) is 0 Å². The molecule has 2 heterocycles. The van der Waals surface area contributed by atoms with Crippen LogP contribution in [0.5, 0.6) is 0 Å². The maximum Gasteiger partial charge on any atom is 0.275 e. The van der Waals surface area contributed by atoms with E-state index in [9.17, 15) is 4.79 Å². The van der Waals surface area contributed by atoms with E-state index < -0.39 is 0 Å². The van der Waals surface area contributed by atoms with Crippen molar-refractivity contribution in [3.05, 3.63) is 30.0 Å². The number of aromatic nitrogens is 2. The second kappa shape index (κ2) is 5.15. The number of hydrogen-bond acceptors (Lipinski definition) is 3. The van der Waals surface area contributed by atoms with Gasteiger partial charge in [-0.05, 0) is 18.9 Å². The Morgan fingerprint density at radius 3 is 3.10 bits per heavy atom. The Morgan fingerprint density at radius 2 is 2.14 bits per heavy atom. The second-order valence-corrected chi connectivity index (χ2v) is 5.88. The average molecular weight is 285 g/mol. The van der Waals surface area contributed by atoms with Crippen molar-refractivity contribution in [2.45, 2.75) is 37.8 Å². The molecular weight excluding hydrogens is 266 g/mol. The normalized spacial score (nSPS) is 25.8. The lowest BCUT2D eigenvalue weighted by Crippen LogP contribution is -2.54. The summed E-state index contributed by atoms with van der Waals surface area (Å²) >= 11 is 0. The van der Waals surface area contributed by atoms with Crippen molar-refractivity contribution < 1.29 is 9.53 Å². The predicted octanol–water partition coefficient (Wildman–Crippen LogP) is 2.35. The minimum Gasteiger partial charge on any atom is -0.374 e. The number of aromatic amines is 1. The van der Waals surface area contributed by atoms with Gasteiger partial charge in [0.05, 0.1) is 24.3 Å². The number of fused-ring (bicyclic) bond motifs is 2. The lowest BCUT2D eigenvalue weighted by Gasteiger charge is -2.43. The summed E-state index contributed by atoms with van der Waals surface area (Å²) in [6.45, 7) is 1.30. The number of benzene rings is 1. The molecule has 2 aromatic rings. The highest BCUT2D eigenvalue weighted by Gasteiger charge is 2.37. The number of amides is 1. The highest BCUT2D eigenvalue weighted by molar-refractivity contribution is 6.04. The summed E-state index contributed by atoms with van der Waals surface area (Å²) < 4.78 is 5.85. The maximum absolute atomic E-state index is 12.9. The molecule has 2 atom stereocenters. The Labute approximate surface area is 123 Å². The number of carbonyl (C=O) groups excluding carboxylic acids is 1. The van der Waals surface area contributed by atoms with Gasteiger partial charge in [0.1, 0.15) is 0 Å². The molecule has 4 rings (SSSR count). The SMILES string of the molecule is O=C(c1n[nH]c2ccccc12)N1CCO[C@H]2CCCC[C@@H]21. The van der Waals surface area contributed by atoms with Gasteiger partial charge in [0, 0.05) is 11.9 Å². The zero-order chi connectivity index (χ0) is 14.2. The van der Waals surface area contributed by atoms with Gasteiger partial charge in [-0.1, -0.05) is 31.0 Å². The first-order chi connectivity index (χ1) is 10.3. The summed E-state index contributed by atoms with van der Waals surface area (Å²) in [4.78, 5) is 14.9. The average Bonchev–Trinajstić information content (AvgIpc) is 2.98. The number of para-hydroxylation sites is 1. The van der Waals surface area contributed by atoms with Gasteiger partial charge in [0.25, 0.3) is 5.91 Å². The molecule has 1 aliphatic carbocycles. The molecule has 1 N–H and O–H groups in total. The van der Waals surface area contributed by atoms with Gasteiger partial charge in [0.2, 0.25) is 0 Å². The van der Waals surface area contributed by atoms with Crippen LogP contribution in [0.25, 0.3) is 10.9 Å². The molecule has 2 aliphatic rings. The minimum atomic E-state index is 0.0349. The smallest absolute Gasteiger partial charge is 0.275 e. The van der Waals surface area contributed by atoms with Crippen LogP contribution in [-0.4, -0.2) is 46.3 Å². The van der Waals surface area contributed by atoms with E-state index in [2.05, 4.69) is 10.2 Å². The fraction of sp³-hybridized carbons (Fsp3) is 0.500. The first-order valence-electron chi connectivity index (χ1n) is 7.70. The Bertz CT molecular complexity index is 664. The van der Waals surface area contributed by atoms with E-state index in [4.69, 9.17) is 4.74 Å². The van der Waals surface area contributed by atoms with E-state index in [0.717, 1.165) is 23.7 Å². The molecule has 5 nitrogen and oxygen atoms in total. The van der Waals surface area contributed by atoms with Crippen LogP contribution in [-0.2, 0) is 4.74 Å². The highest BCUT2D eigenvalue weighted by atomic mass is 16.5. The van der Waals surface area contributed by atoms with E-state index in [1.807, 2.05) is 29.2 Å². The third-order valence-electron chi connectivity index (χ3n) is 4.67. The van der Waals surface area contributed by atoms with Gasteiger partial charge in [0.15, 0.2) is 5.69 Å². The summed E-state index contributed by atoms with van der Waals surface area (Å²) in [5.74, 6) is 0.0349. The Hall–Kier alpha value is -1.88. The molecule has 21 heavy (non-hydrogen) atoms. The van der Waals surface area contributed by atoms with Crippen molar-refractivity contribution in [1.29, 1.82) is 0 Å². The number of nitrogens with zero attached hydrogens (tertiary/aromatic N) is 2. The van der Waals surface area contributed by atoms with Crippen LogP contribution in [0.15, 0.2) is 24.3 Å². The van der Waals surface area contributed by atoms with Crippen LogP contribution >= 0.6 is 0 Å². The van der Waals surface area contributed by atoms with Crippen molar-refractivity contribution in [1.82, 2.24) is 15.1 Å². The first-order valence-corrected chi connectivity index (χ1v) is 7.70. The Kier molecular flexibility index (Phi) is 3.15. The van der Waals surface area contributed by atoms with Crippen LogP contribution in [0, 0.1) is 0 Å². The fourth-order valence-corrected chi connectivity index (χ4v) is 3.61. The molecule has 0 radical (unpaired) electrons. The quantitative estimate of drug-likeness (QED) is 0.875. The zero-order valence-corrected chi connectivity index (χ0v) is 11.9. The van der Waals surface area contributed by atoms with E-state index in [0.29, 0.717) is 18.8 Å². The maximum atomic E-state index is 12.9. The third kappa shape index (κ3) is 2.12. The number of hydrogen-bond donors (Lipinski definition) is 1. The van der Waals surface area contributed by atoms with Crippen molar-refractivity contribution >= 4 is 16.8 Å². The minimum absolute atomic E-state index is 0.0349. The lowest BCUT2D eigenvalue weighted by atomic mass is 9.90. The topological polar surface area (TPSA) is 58.2 Å². The molecule has 1 amide bonds. The van der Waals surface area contributed by atoms with Crippen molar-refractivity contribution in [3.63, 3.8) is 0 Å². The summed E-state index contributed by atoms with van der Waals surface area (Å²) in [5.41, 5.74) is 1.45. The molecule has 110 valence electrons. The summed E-state index contributed by atoms with van der Waals surface area (Å²) in [5, 5.41) is 8.11. The van der Waals surface area contributed by atoms with E-state index in [1.165, 1.54) is 12.8 Å². The lowest BCUT2D eigenvalue weighted by molar-refractivity contribution is -0.0753. The number of carbonyl (C=O) groups is 1. The Balaban J connectivity index is 1.67. The van der Waals surface area contributed by atoms with E-state index in [1.54, 1.807) is 0 Å². The predicted molar refractivity (Wildman–Crippen MR) is 79.1 cm³/mol. The summed E-state index contributed by atoms with van der Waals surface area (Å²) in [6, 6.07) is 8.00. The molecule has 0 unspecified atom stereocenters. The van der Waals surface area contributed by atoms with Crippen LogP contribution in [0.2, 0.25) is 0 Å². The molecular formula is C16H19N3O2. The number of ether oxygens (including phenoxy) is 1. The highest BCUT2D eigenvalue weighted by Crippen LogP contribution is 2.30. The zero-order valence-electron chi connectivity index (χ0n) is 11.9. The van der Waals surface area contributed by atoms with Crippen molar-refractivity contribution in [2.75, 3.05) is 13.2 Å². The van der Waals surface area contributed by atoms with Crippen molar-refractivity contribution in [3.8, 4) is 0 Å². The van der Waals surface area contributed by atoms with Gasteiger partial charge in [-0.2, -0.15) is 5.10 Å². The monoisotopic (exact) mass is 285 g/mol. The molecule has 1 saturated heterocycles. The Morgan fingerprint density at radius 1 is 1.29 bits per heavy atom. The van der Waals surface area contributed by atoms with Crippen LogP contribution in [0.4, 0.5) is 0 Å². The number of nitrogens with one attached hydrogen (secondary N) is 1. The van der Waals surface area contributed by atoms with Gasteiger partial charge in [-0.15, -0.1) is 0 Å². The number of H-pyrrole nitrogens is 1. The molecule has 5 heteroatoms. The largest absolute Gasteiger partial charge is 0.374 e. The number of morpholine rings is 1. The molecule has 1 aromatic carbocycles. The third-order valence-corrected chi connectivity index (χ3v) is 4.67. The van der Waals surface area contributed by atoms with Gasteiger partial charge >= 0.3 is 0 Å². The molecule has 1 aromatic heterocycles.